The number of thioether (sulfide) groups is 1. The summed E-state index contributed by atoms with van der Waals surface area (Å²) in [6, 6.07) is 6.67. The Hall–Kier alpha value is -1.34. The van der Waals surface area contributed by atoms with E-state index in [0.29, 0.717) is 5.17 Å². The molecule has 0 saturated carbocycles. The second kappa shape index (κ2) is 5.46. The molecular formula is C14H19N3O2S2. The first kappa shape index (κ1) is 16.0. The zero-order chi connectivity index (χ0) is 15.8. The van der Waals surface area contributed by atoms with Gasteiger partial charge in [-0.1, -0.05) is 17.7 Å². The van der Waals surface area contributed by atoms with Gasteiger partial charge in [0, 0.05) is 7.05 Å². The first-order chi connectivity index (χ1) is 9.58. The third-order valence-corrected chi connectivity index (χ3v) is 5.20. The largest absolute Gasteiger partial charge is 0.302 e. The van der Waals surface area contributed by atoms with Crippen LogP contribution >= 0.6 is 11.8 Å². The van der Waals surface area contributed by atoms with Gasteiger partial charge in [-0.15, -0.1) is 4.40 Å². The van der Waals surface area contributed by atoms with Gasteiger partial charge in [-0.2, -0.15) is 8.42 Å². The van der Waals surface area contributed by atoms with Crippen LogP contribution in [0.25, 0.3) is 0 Å². The molecule has 0 N–H and O–H groups in total. The topological polar surface area (TPSA) is 62.1 Å². The fourth-order valence-corrected chi connectivity index (χ4v) is 3.75. The first-order valence-corrected chi connectivity index (χ1v) is 8.77. The predicted octanol–water partition coefficient (Wildman–Crippen LogP) is 2.87. The van der Waals surface area contributed by atoms with E-state index in [2.05, 4.69) is 9.39 Å². The number of aryl methyl sites for hydroxylation is 1. The second-order valence-electron chi connectivity index (χ2n) is 5.89. The maximum Gasteiger partial charge on any atom is 0.284 e. The molecule has 1 aromatic carbocycles. The van der Waals surface area contributed by atoms with Crippen molar-refractivity contribution in [3.8, 4) is 0 Å². The molecular weight excluding hydrogens is 306 g/mol. The van der Waals surface area contributed by atoms with Gasteiger partial charge in [0.15, 0.2) is 10.3 Å². The Morgan fingerprint density at radius 3 is 2.14 bits per heavy atom. The van der Waals surface area contributed by atoms with Crippen LogP contribution in [0.15, 0.2) is 38.6 Å². The summed E-state index contributed by atoms with van der Waals surface area (Å²) in [7, 11) is -1.90. The van der Waals surface area contributed by atoms with Crippen molar-refractivity contribution >= 4 is 32.1 Å². The van der Waals surface area contributed by atoms with Crippen molar-refractivity contribution in [3.63, 3.8) is 0 Å². The lowest BCUT2D eigenvalue weighted by atomic mass is 10.1. The standard InChI is InChI=1S/C14H19N3O2S2/c1-10-6-8-11(9-7-10)21(18,19)16-13-17(5)12(20-13)15-14(2,3)4/h6-9H,1-5H3/b15-12?,16-13-. The lowest BCUT2D eigenvalue weighted by Gasteiger charge is -2.32. The van der Waals surface area contributed by atoms with Crippen LogP contribution in [0, 0.1) is 6.92 Å². The molecule has 0 radical (unpaired) electrons. The molecule has 1 aromatic rings. The van der Waals surface area contributed by atoms with E-state index in [1.807, 2.05) is 27.7 Å². The van der Waals surface area contributed by atoms with E-state index in [1.54, 1.807) is 36.2 Å². The monoisotopic (exact) mass is 325 g/mol. The van der Waals surface area contributed by atoms with E-state index in [0.717, 1.165) is 10.7 Å². The maximum atomic E-state index is 12.2. The fourth-order valence-electron chi connectivity index (χ4n) is 1.59. The third kappa shape index (κ3) is 3.85. The molecule has 7 heteroatoms. The Kier molecular flexibility index (Phi) is 4.17. The molecule has 21 heavy (non-hydrogen) atoms. The zero-order valence-corrected chi connectivity index (χ0v) is 14.4. The van der Waals surface area contributed by atoms with Crippen molar-refractivity contribution in [2.75, 3.05) is 7.05 Å². The van der Waals surface area contributed by atoms with Gasteiger partial charge < -0.3 is 4.90 Å². The highest BCUT2D eigenvalue weighted by Gasteiger charge is 2.32. The molecule has 0 atom stereocenters. The van der Waals surface area contributed by atoms with Crippen molar-refractivity contribution in [3.05, 3.63) is 29.8 Å². The van der Waals surface area contributed by atoms with E-state index < -0.39 is 10.0 Å². The van der Waals surface area contributed by atoms with E-state index in [-0.39, 0.29) is 10.4 Å². The molecule has 1 fully saturated rings. The van der Waals surface area contributed by atoms with Gasteiger partial charge in [0.2, 0.25) is 0 Å². The molecule has 1 saturated heterocycles. The average Bonchev–Trinajstić information content (AvgIpc) is 2.36. The number of rotatable bonds is 2. The minimum atomic E-state index is -3.67. The SMILES string of the molecule is Cc1ccc(S(=O)(=O)/N=C2\SC(=NC(C)(C)C)N2C)cc1. The summed E-state index contributed by atoms with van der Waals surface area (Å²) < 4.78 is 28.3. The van der Waals surface area contributed by atoms with Gasteiger partial charge in [-0.3, -0.25) is 4.99 Å². The molecule has 5 nitrogen and oxygen atoms in total. The number of aliphatic imine (C=N–C) groups is 1. The lowest BCUT2D eigenvalue weighted by Crippen LogP contribution is -2.42. The number of nitrogens with zero attached hydrogens (tertiary/aromatic N) is 3. The Morgan fingerprint density at radius 1 is 1.10 bits per heavy atom. The smallest absolute Gasteiger partial charge is 0.284 e. The van der Waals surface area contributed by atoms with Crippen LogP contribution in [0.1, 0.15) is 26.3 Å². The molecule has 2 rings (SSSR count). The molecule has 0 bridgehead atoms. The number of benzene rings is 1. The van der Waals surface area contributed by atoms with E-state index >= 15 is 0 Å². The molecule has 1 aliphatic rings. The van der Waals surface area contributed by atoms with Crippen molar-refractivity contribution in [1.29, 1.82) is 0 Å². The molecule has 1 heterocycles. The zero-order valence-electron chi connectivity index (χ0n) is 12.8. The molecule has 0 aromatic heterocycles. The molecule has 0 spiro atoms. The van der Waals surface area contributed by atoms with Gasteiger partial charge in [-0.25, -0.2) is 0 Å². The van der Waals surface area contributed by atoms with Gasteiger partial charge in [0.05, 0.1) is 10.4 Å². The predicted molar refractivity (Wildman–Crippen MR) is 88.3 cm³/mol. The number of hydrogen-bond acceptors (Lipinski definition) is 4. The van der Waals surface area contributed by atoms with Crippen molar-refractivity contribution < 1.29 is 8.42 Å². The van der Waals surface area contributed by atoms with E-state index in [4.69, 9.17) is 0 Å². The Bertz CT molecular complexity index is 699. The van der Waals surface area contributed by atoms with Crippen molar-refractivity contribution in [2.24, 2.45) is 9.39 Å². The Morgan fingerprint density at radius 2 is 1.67 bits per heavy atom. The summed E-state index contributed by atoms with van der Waals surface area (Å²) in [6.45, 7) is 7.89. The number of sulfonamides is 1. The minimum absolute atomic E-state index is 0.196. The van der Waals surface area contributed by atoms with Crippen LogP contribution in [0.3, 0.4) is 0 Å². The summed E-state index contributed by atoms with van der Waals surface area (Å²) in [5.41, 5.74) is 0.814. The normalized spacial score (nSPS) is 20.0. The van der Waals surface area contributed by atoms with E-state index in [9.17, 15) is 8.42 Å². The van der Waals surface area contributed by atoms with Gasteiger partial charge in [0.1, 0.15) is 0 Å². The van der Waals surface area contributed by atoms with Gasteiger partial charge >= 0.3 is 0 Å². The highest BCUT2D eigenvalue weighted by atomic mass is 32.2. The van der Waals surface area contributed by atoms with Crippen LogP contribution in [0.2, 0.25) is 0 Å². The van der Waals surface area contributed by atoms with Crippen LogP contribution in [-0.4, -0.2) is 36.2 Å². The summed E-state index contributed by atoms with van der Waals surface area (Å²) in [4.78, 5) is 6.39. The Balaban J connectivity index is 2.22. The quantitative estimate of drug-likeness (QED) is 0.839. The third-order valence-electron chi connectivity index (χ3n) is 2.70. The van der Waals surface area contributed by atoms with Crippen LogP contribution in [0.5, 0.6) is 0 Å². The highest BCUT2D eigenvalue weighted by Crippen LogP contribution is 2.29. The molecule has 0 aliphatic carbocycles. The summed E-state index contributed by atoms with van der Waals surface area (Å²) in [5.74, 6) is 0. The van der Waals surface area contributed by atoms with Crippen LogP contribution in [0.4, 0.5) is 0 Å². The number of amidine groups is 2. The van der Waals surface area contributed by atoms with Crippen molar-refractivity contribution in [2.45, 2.75) is 38.1 Å². The second-order valence-corrected chi connectivity index (χ2v) is 8.43. The average molecular weight is 325 g/mol. The van der Waals surface area contributed by atoms with Crippen LogP contribution in [-0.2, 0) is 10.0 Å². The lowest BCUT2D eigenvalue weighted by molar-refractivity contribution is 0.572. The van der Waals surface area contributed by atoms with Gasteiger partial charge in [0.25, 0.3) is 10.0 Å². The Labute approximate surface area is 130 Å². The fraction of sp³-hybridized carbons (Fsp3) is 0.429. The molecule has 0 amide bonds. The number of hydrogen-bond donors (Lipinski definition) is 0. The summed E-state index contributed by atoms with van der Waals surface area (Å²) in [5, 5.41) is 1.22. The molecule has 114 valence electrons. The maximum absolute atomic E-state index is 12.2. The summed E-state index contributed by atoms with van der Waals surface area (Å²) >= 11 is 1.28. The molecule has 1 aliphatic heterocycles. The van der Waals surface area contributed by atoms with E-state index in [1.165, 1.54) is 11.8 Å². The summed E-state index contributed by atoms with van der Waals surface area (Å²) in [6.07, 6.45) is 0. The minimum Gasteiger partial charge on any atom is -0.302 e. The van der Waals surface area contributed by atoms with Crippen LogP contribution < -0.4 is 0 Å². The van der Waals surface area contributed by atoms with Gasteiger partial charge in [-0.05, 0) is 51.6 Å². The molecule has 0 unspecified atom stereocenters. The van der Waals surface area contributed by atoms with Crippen molar-refractivity contribution in [1.82, 2.24) is 4.90 Å². The highest BCUT2D eigenvalue weighted by molar-refractivity contribution is 8.29. The first-order valence-electron chi connectivity index (χ1n) is 6.51.